The molecule has 1 aromatic rings. The molecule has 112 valence electrons. The molecule has 4 heteroatoms. The smallest absolute Gasteiger partial charge is 0.0521 e. The molecule has 1 aromatic heterocycles. The molecule has 0 spiro atoms. The van der Waals surface area contributed by atoms with E-state index in [9.17, 15) is 0 Å². The lowest BCUT2D eigenvalue weighted by atomic mass is 9.95. The van der Waals surface area contributed by atoms with Crippen LogP contribution < -0.4 is 5.32 Å². The average molecular weight is 277 g/mol. The first kappa shape index (κ1) is 15.4. The SMILES string of the molecule is CCNC1CCOCC1CN(C)CCc1ccccn1. The maximum absolute atomic E-state index is 5.64. The second-order valence-electron chi connectivity index (χ2n) is 5.62. The van der Waals surface area contributed by atoms with Gasteiger partial charge in [0, 0.05) is 50.0 Å². The molecule has 1 aliphatic rings. The van der Waals surface area contributed by atoms with Crippen molar-refractivity contribution in [1.29, 1.82) is 0 Å². The highest BCUT2D eigenvalue weighted by Crippen LogP contribution is 2.16. The second-order valence-corrected chi connectivity index (χ2v) is 5.62. The molecule has 0 bridgehead atoms. The van der Waals surface area contributed by atoms with Gasteiger partial charge in [-0.25, -0.2) is 0 Å². The number of nitrogens with one attached hydrogen (secondary N) is 1. The summed E-state index contributed by atoms with van der Waals surface area (Å²) in [6.45, 7) is 7.13. The largest absolute Gasteiger partial charge is 0.381 e. The molecule has 0 amide bonds. The Bertz CT molecular complexity index is 369. The van der Waals surface area contributed by atoms with Crippen LogP contribution in [0.25, 0.3) is 0 Å². The average Bonchev–Trinajstić information content (AvgIpc) is 2.49. The summed E-state index contributed by atoms with van der Waals surface area (Å²) in [5.74, 6) is 0.595. The highest BCUT2D eigenvalue weighted by Gasteiger charge is 2.25. The number of pyridine rings is 1. The van der Waals surface area contributed by atoms with Gasteiger partial charge in [0.2, 0.25) is 0 Å². The van der Waals surface area contributed by atoms with Gasteiger partial charge in [-0.3, -0.25) is 4.98 Å². The van der Waals surface area contributed by atoms with E-state index in [1.165, 1.54) is 5.69 Å². The Labute approximate surface area is 122 Å². The number of aromatic nitrogens is 1. The first-order chi connectivity index (χ1) is 9.79. The minimum Gasteiger partial charge on any atom is -0.381 e. The lowest BCUT2D eigenvalue weighted by Crippen LogP contribution is -2.47. The maximum Gasteiger partial charge on any atom is 0.0521 e. The van der Waals surface area contributed by atoms with E-state index in [0.717, 1.165) is 45.7 Å². The minimum atomic E-state index is 0.595. The van der Waals surface area contributed by atoms with Gasteiger partial charge >= 0.3 is 0 Å². The Morgan fingerprint density at radius 2 is 2.35 bits per heavy atom. The second kappa shape index (κ2) is 8.35. The standard InChI is InChI=1S/C16H27N3O/c1-3-17-16-8-11-20-13-14(16)12-19(2)10-7-15-6-4-5-9-18-15/h4-6,9,14,16-17H,3,7-8,10-13H2,1-2H3. The number of rotatable bonds is 7. The normalized spacial score (nSPS) is 23.1. The topological polar surface area (TPSA) is 37.4 Å². The molecule has 2 heterocycles. The molecule has 1 aliphatic heterocycles. The van der Waals surface area contributed by atoms with Crippen LogP contribution in [0.3, 0.4) is 0 Å². The molecule has 20 heavy (non-hydrogen) atoms. The fourth-order valence-corrected chi connectivity index (χ4v) is 2.85. The van der Waals surface area contributed by atoms with Crippen molar-refractivity contribution < 1.29 is 4.74 Å². The van der Waals surface area contributed by atoms with Crippen LogP contribution in [-0.2, 0) is 11.2 Å². The predicted molar refractivity (Wildman–Crippen MR) is 81.8 cm³/mol. The van der Waals surface area contributed by atoms with Gasteiger partial charge in [-0.2, -0.15) is 0 Å². The van der Waals surface area contributed by atoms with Crippen molar-refractivity contribution in [2.75, 3.05) is 39.9 Å². The fourth-order valence-electron chi connectivity index (χ4n) is 2.85. The van der Waals surface area contributed by atoms with Gasteiger partial charge in [-0.1, -0.05) is 13.0 Å². The zero-order chi connectivity index (χ0) is 14.2. The Kier molecular flexibility index (Phi) is 6.43. The molecular formula is C16H27N3O. The molecule has 2 atom stereocenters. The molecule has 2 rings (SSSR count). The van der Waals surface area contributed by atoms with Crippen LogP contribution in [-0.4, -0.2) is 55.8 Å². The van der Waals surface area contributed by atoms with Gasteiger partial charge in [-0.15, -0.1) is 0 Å². The van der Waals surface area contributed by atoms with Gasteiger partial charge < -0.3 is 15.0 Å². The Morgan fingerprint density at radius 1 is 1.45 bits per heavy atom. The van der Waals surface area contributed by atoms with Crippen molar-refractivity contribution in [1.82, 2.24) is 15.2 Å². The van der Waals surface area contributed by atoms with Gasteiger partial charge in [0.15, 0.2) is 0 Å². The van der Waals surface area contributed by atoms with Crippen molar-refractivity contribution in [2.45, 2.75) is 25.8 Å². The number of likely N-dealkylation sites (N-methyl/N-ethyl adjacent to an activating group) is 1. The predicted octanol–water partition coefficient (Wildman–Crippen LogP) is 1.57. The molecule has 1 N–H and O–H groups in total. The fraction of sp³-hybridized carbons (Fsp3) is 0.688. The quantitative estimate of drug-likeness (QED) is 0.821. The van der Waals surface area contributed by atoms with E-state index in [0.29, 0.717) is 12.0 Å². The van der Waals surface area contributed by atoms with Gasteiger partial charge in [0.05, 0.1) is 6.61 Å². The minimum absolute atomic E-state index is 0.595. The number of nitrogens with zero attached hydrogens (tertiary/aromatic N) is 2. The van der Waals surface area contributed by atoms with Crippen LogP contribution in [0.5, 0.6) is 0 Å². The van der Waals surface area contributed by atoms with Gasteiger partial charge in [0.1, 0.15) is 0 Å². The molecule has 4 nitrogen and oxygen atoms in total. The van der Waals surface area contributed by atoms with E-state index in [2.05, 4.69) is 41.3 Å². The summed E-state index contributed by atoms with van der Waals surface area (Å²) >= 11 is 0. The summed E-state index contributed by atoms with van der Waals surface area (Å²) in [6.07, 6.45) is 4.01. The van der Waals surface area contributed by atoms with Crippen molar-refractivity contribution in [3.05, 3.63) is 30.1 Å². The van der Waals surface area contributed by atoms with Crippen LogP contribution in [0.15, 0.2) is 24.4 Å². The monoisotopic (exact) mass is 277 g/mol. The highest BCUT2D eigenvalue weighted by molar-refractivity contribution is 5.03. The first-order valence-electron chi connectivity index (χ1n) is 7.69. The summed E-state index contributed by atoms with van der Waals surface area (Å²) in [5, 5.41) is 3.59. The Hall–Kier alpha value is -0.970. The molecule has 2 unspecified atom stereocenters. The van der Waals surface area contributed by atoms with E-state index in [1.807, 2.05) is 12.3 Å². The van der Waals surface area contributed by atoms with Gasteiger partial charge in [0.25, 0.3) is 0 Å². The van der Waals surface area contributed by atoms with Crippen molar-refractivity contribution >= 4 is 0 Å². The van der Waals surface area contributed by atoms with E-state index in [1.54, 1.807) is 0 Å². The maximum atomic E-state index is 5.64. The molecular weight excluding hydrogens is 250 g/mol. The molecule has 0 aromatic carbocycles. The third-order valence-corrected chi connectivity index (χ3v) is 3.96. The molecule has 1 saturated heterocycles. The summed E-state index contributed by atoms with van der Waals surface area (Å²) in [6, 6.07) is 6.72. The number of ether oxygens (including phenoxy) is 1. The lowest BCUT2D eigenvalue weighted by molar-refractivity contribution is 0.0203. The van der Waals surface area contributed by atoms with E-state index < -0.39 is 0 Å². The Morgan fingerprint density at radius 3 is 3.10 bits per heavy atom. The third-order valence-electron chi connectivity index (χ3n) is 3.96. The van der Waals surface area contributed by atoms with Gasteiger partial charge in [-0.05, 0) is 32.1 Å². The zero-order valence-corrected chi connectivity index (χ0v) is 12.7. The molecule has 0 aliphatic carbocycles. The van der Waals surface area contributed by atoms with Crippen molar-refractivity contribution in [3.63, 3.8) is 0 Å². The number of hydrogen-bond donors (Lipinski definition) is 1. The van der Waals surface area contributed by atoms with Crippen LogP contribution in [0.1, 0.15) is 19.0 Å². The molecule has 0 radical (unpaired) electrons. The Balaban J connectivity index is 1.76. The summed E-state index contributed by atoms with van der Waals surface area (Å²) in [4.78, 5) is 6.78. The van der Waals surface area contributed by atoms with E-state index >= 15 is 0 Å². The molecule has 0 saturated carbocycles. The van der Waals surface area contributed by atoms with Crippen LogP contribution in [0.4, 0.5) is 0 Å². The first-order valence-corrected chi connectivity index (χ1v) is 7.69. The van der Waals surface area contributed by atoms with E-state index in [-0.39, 0.29) is 0 Å². The molecule has 1 fully saturated rings. The number of hydrogen-bond acceptors (Lipinski definition) is 4. The summed E-state index contributed by atoms with van der Waals surface area (Å²) in [7, 11) is 2.19. The van der Waals surface area contributed by atoms with Crippen LogP contribution in [0.2, 0.25) is 0 Å². The van der Waals surface area contributed by atoms with E-state index in [4.69, 9.17) is 4.74 Å². The highest BCUT2D eigenvalue weighted by atomic mass is 16.5. The lowest BCUT2D eigenvalue weighted by Gasteiger charge is -2.34. The van der Waals surface area contributed by atoms with Crippen molar-refractivity contribution in [3.8, 4) is 0 Å². The summed E-state index contributed by atoms with van der Waals surface area (Å²) in [5.41, 5.74) is 1.17. The van der Waals surface area contributed by atoms with Crippen LogP contribution in [0, 0.1) is 5.92 Å². The van der Waals surface area contributed by atoms with Crippen LogP contribution >= 0.6 is 0 Å². The zero-order valence-electron chi connectivity index (χ0n) is 12.7. The third kappa shape index (κ3) is 4.85. The van der Waals surface area contributed by atoms with Crippen molar-refractivity contribution in [2.24, 2.45) is 5.92 Å². The summed E-state index contributed by atoms with van der Waals surface area (Å²) < 4.78 is 5.64.